The number of hydrogen-bond donors (Lipinski definition) is 1. The van der Waals surface area contributed by atoms with E-state index in [1.54, 1.807) is 12.1 Å². The van der Waals surface area contributed by atoms with E-state index in [1.165, 1.54) is 0 Å². The fourth-order valence-electron chi connectivity index (χ4n) is 2.26. The van der Waals surface area contributed by atoms with Gasteiger partial charge in [0.1, 0.15) is 0 Å². The van der Waals surface area contributed by atoms with Crippen molar-refractivity contribution in [2.24, 2.45) is 0 Å². The number of aliphatic carboxylic acids is 1. The van der Waals surface area contributed by atoms with Crippen LogP contribution < -0.4 is 0 Å². The lowest BCUT2D eigenvalue weighted by molar-refractivity contribution is -0.145. The Labute approximate surface area is 119 Å². The van der Waals surface area contributed by atoms with Crippen LogP contribution in [0.5, 0.6) is 0 Å². The van der Waals surface area contributed by atoms with Gasteiger partial charge in [0.25, 0.3) is 0 Å². The number of hydrogen-bond acceptors (Lipinski definition) is 2. The molecule has 92 valence electrons. The first-order valence-electron chi connectivity index (χ1n) is 5.45. The third kappa shape index (κ3) is 2.58. The number of halogens is 2. The third-order valence-corrected chi connectivity index (χ3v) is 4.59. The van der Waals surface area contributed by atoms with E-state index in [-0.39, 0.29) is 0 Å². The van der Waals surface area contributed by atoms with E-state index in [1.807, 2.05) is 12.1 Å². The van der Waals surface area contributed by atoms with Gasteiger partial charge in [0.15, 0.2) is 0 Å². The Morgan fingerprint density at radius 2 is 1.82 bits per heavy atom. The summed E-state index contributed by atoms with van der Waals surface area (Å²) in [5.74, 6) is -0.732. The maximum Gasteiger partial charge on any atom is 0.314 e. The molecule has 0 atom stereocenters. The summed E-state index contributed by atoms with van der Waals surface area (Å²) in [6, 6.07) is 7.19. The van der Waals surface area contributed by atoms with Crippen molar-refractivity contribution < 1.29 is 9.90 Å². The maximum absolute atomic E-state index is 11.6. The van der Waals surface area contributed by atoms with E-state index in [0.717, 1.165) is 18.7 Å². The number of carboxylic acid groups (broad SMARTS) is 1. The first-order valence-corrected chi connectivity index (χ1v) is 6.79. The predicted molar refractivity (Wildman–Crippen MR) is 75.6 cm³/mol. The summed E-state index contributed by atoms with van der Waals surface area (Å²) in [5.41, 5.74) is 0.116. The summed E-state index contributed by atoms with van der Waals surface area (Å²) in [5, 5.41) is 10.2. The zero-order valence-electron chi connectivity index (χ0n) is 9.20. The zero-order chi connectivity index (χ0) is 12.5. The van der Waals surface area contributed by atoms with Crippen LogP contribution in [-0.4, -0.2) is 27.3 Å². The SMILES string of the molecule is O=C(O)C1(c2ccc(Cl)cc2)CCN(I)CC1. The molecule has 1 aliphatic rings. The van der Waals surface area contributed by atoms with Crippen molar-refractivity contribution in [2.75, 3.05) is 13.1 Å². The Balaban J connectivity index is 2.35. The molecule has 0 radical (unpaired) electrons. The van der Waals surface area contributed by atoms with Crippen LogP contribution in [0, 0.1) is 0 Å². The van der Waals surface area contributed by atoms with Crippen LogP contribution >= 0.6 is 34.5 Å². The Hall–Kier alpha value is -0.330. The van der Waals surface area contributed by atoms with Gasteiger partial charge in [-0.15, -0.1) is 0 Å². The Kier molecular flexibility index (Phi) is 3.95. The third-order valence-electron chi connectivity index (χ3n) is 3.37. The van der Waals surface area contributed by atoms with Crippen molar-refractivity contribution in [1.82, 2.24) is 3.11 Å². The van der Waals surface area contributed by atoms with E-state index < -0.39 is 11.4 Å². The second-order valence-electron chi connectivity index (χ2n) is 4.30. The monoisotopic (exact) mass is 365 g/mol. The lowest BCUT2D eigenvalue weighted by atomic mass is 9.73. The highest BCUT2D eigenvalue weighted by molar-refractivity contribution is 14.1. The van der Waals surface area contributed by atoms with Gasteiger partial charge < -0.3 is 5.11 Å². The van der Waals surface area contributed by atoms with Crippen LogP contribution in [0.4, 0.5) is 0 Å². The molecule has 1 aromatic carbocycles. The molecule has 1 heterocycles. The van der Waals surface area contributed by atoms with Gasteiger partial charge in [-0.2, -0.15) is 0 Å². The molecule has 2 rings (SSSR count). The summed E-state index contributed by atoms with van der Waals surface area (Å²) in [4.78, 5) is 11.6. The van der Waals surface area contributed by atoms with Gasteiger partial charge in [0.2, 0.25) is 0 Å². The van der Waals surface area contributed by atoms with E-state index in [0.29, 0.717) is 17.9 Å². The molecule has 0 amide bonds. The maximum atomic E-state index is 11.6. The standard InChI is InChI=1S/C12H13ClINO2/c13-10-3-1-9(2-4-10)12(11(16)17)5-7-15(14)8-6-12/h1-4H,5-8H2,(H,16,17). The number of benzene rings is 1. The average molecular weight is 366 g/mol. The van der Waals surface area contributed by atoms with Gasteiger partial charge >= 0.3 is 5.97 Å². The van der Waals surface area contributed by atoms with Crippen molar-refractivity contribution in [1.29, 1.82) is 0 Å². The minimum absolute atomic E-state index is 0.639. The van der Waals surface area contributed by atoms with Crippen LogP contribution in [0.2, 0.25) is 5.02 Å². The average Bonchev–Trinajstić information content (AvgIpc) is 2.31. The summed E-state index contributed by atoms with van der Waals surface area (Å²) in [7, 11) is 0. The van der Waals surface area contributed by atoms with E-state index in [2.05, 4.69) is 26.0 Å². The lowest BCUT2D eigenvalue weighted by Gasteiger charge is -2.36. The molecule has 0 bridgehead atoms. The molecule has 0 unspecified atom stereocenters. The smallest absolute Gasteiger partial charge is 0.314 e. The second kappa shape index (κ2) is 5.12. The molecule has 3 nitrogen and oxygen atoms in total. The van der Waals surface area contributed by atoms with Crippen LogP contribution in [0.3, 0.4) is 0 Å². The number of nitrogens with zero attached hydrogens (tertiary/aromatic N) is 1. The minimum atomic E-state index is -0.744. The molecule has 17 heavy (non-hydrogen) atoms. The summed E-state index contributed by atoms with van der Waals surface area (Å²) < 4.78 is 2.13. The molecule has 0 spiro atoms. The summed E-state index contributed by atoms with van der Waals surface area (Å²) in [6.45, 7) is 1.60. The van der Waals surface area contributed by atoms with Gasteiger partial charge in [0.05, 0.1) is 5.41 Å². The van der Waals surface area contributed by atoms with Gasteiger partial charge in [-0.05, 0) is 30.5 Å². The lowest BCUT2D eigenvalue weighted by Crippen LogP contribution is -2.44. The number of carboxylic acids is 1. The van der Waals surface area contributed by atoms with Crippen LogP contribution in [-0.2, 0) is 10.2 Å². The summed E-state index contributed by atoms with van der Waals surface area (Å²) >= 11 is 8.08. The van der Waals surface area contributed by atoms with Gasteiger partial charge in [-0.25, -0.2) is 3.11 Å². The Morgan fingerprint density at radius 3 is 2.29 bits per heavy atom. The first-order chi connectivity index (χ1) is 8.04. The Morgan fingerprint density at radius 1 is 1.29 bits per heavy atom. The molecule has 1 fully saturated rings. The molecule has 0 aliphatic carbocycles. The topological polar surface area (TPSA) is 40.5 Å². The molecular weight excluding hydrogens is 352 g/mol. The van der Waals surface area contributed by atoms with Gasteiger partial charge in [-0.3, -0.25) is 4.79 Å². The fourth-order valence-corrected chi connectivity index (χ4v) is 2.86. The molecule has 5 heteroatoms. The van der Waals surface area contributed by atoms with E-state index in [4.69, 9.17) is 11.6 Å². The van der Waals surface area contributed by atoms with Gasteiger partial charge in [-0.1, -0.05) is 23.7 Å². The number of carbonyl (C=O) groups is 1. The summed E-state index contributed by atoms with van der Waals surface area (Å²) in [6.07, 6.45) is 1.29. The number of piperidine rings is 1. The van der Waals surface area contributed by atoms with Gasteiger partial charge in [0, 0.05) is 41.0 Å². The van der Waals surface area contributed by atoms with Crippen LogP contribution in [0.15, 0.2) is 24.3 Å². The molecule has 1 saturated heterocycles. The van der Waals surface area contributed by atoms with Crippen LogP contribution in [0.1, 0.15) is 18.4 Å². The zero-order valence-corrected chi connectivity index (χ0v) is 12.1. The van der Waals surface area contributed by atoms with Crippen molar-refractivity contribution in [3.05, 3.63) is 34.9 Å². The van der Waals surface area contributed by atoms with E-state index in [9.17, 15) is 9.90 Å². The molecule has 1 aromatic rings. The van der Waals surface area contributed by atoms with E-state index >= 15 is 0 Å². The van der Waals surface area contributed by atoms with Crippen molar-refractivity contribution >= 4 is 40.4 Å². The highest BCUT2D eigenvalue weighted by atomic mass is 127. The largest absolute Gasteiger partial charge is 0.481 e. The first kappa shape index (κ1) is 13.1. The second-order valence-corrected chi connectivity index (χ2v) is 6.10. The molecule has 0 aromatic heterocycles. The fraction of sp³-hybridized carbons (Fsp3) is 0.417. The predicted octanol–water partition coefficient (Wildman–Crippen LogP) is 3.11. The molecular formula is C12H13ClINO2. The highest BCUT2D eigenvalue weighted by Crippen LogP contribution is 2.37. The van der Waals surface area contributed by atoms with Crippen molar-refractivity contribution in [2.45, 2.75) is 18.3 Å². The molecule has 0 saturated carbocycles. The van der Waals surface area contributed by atoms with Crippen molar-refractivity contribution in [3.8, 4) is 0 Å². The quantitative estimate of drug-likeness (QED) is 0.647. The van der Waals surface area contributed by atoms with Crippen LogP contribution in [0.25, 0.3) is 0 Å². The molecule has 1 aliphatic heterocycles. The molecule has 1 N–H and O–H groups in total. The number of rotatable bonds is 2. The highest BCUT2D eigenvalue weighted by Gasteiger charge is 2.42. The van der Waals surface area contributed by atoms with Crippen molar-refractivity contribution in [3.63, 3.8) is 0 Å². The minimum Gasteiger partial charge on any atom is -0.481 e. The Bertz CT molecular complexity index is 413. The normalized spacial score (nSPS) is 20.1.